The Morgan fingerprint density at radius 1 is 1.19 bits per heavy atom. The molecule has 6 nitrogen and oxygen atoms in total. The van der Waals surface area contributed by atoms with Gasteiger partial charge >= 0.3 is 0 Å². The summed E-state index contributed by atoms with van der Waals surface area (Å²) in [5, 5.41) is 0. The number of anilines is 1. The first-order valence-electron chi connectivity index (χ1n) is 7.18. The molecule has 2 aromatic heterocycles. The summed E-state index contributed by atoms with van der Waals surface area (Å²) in [7, 11) is 1.62. The van der Waals surface area contributed by atoms with Crippen molar-refractivity contribution in [2.45, 2.75) is 25.7 Å². The van der Waals surface area contributed by atoms with Crippen LogP contribution in [0.1, 0.15) is 30.3 Å². The number of nitrogens with zero attached hydrogens (tertiary/aromatic N) is 5. The van der Waals surface area contributed by atoms with E-state index in [4.69, 9.17) is 4.74 Å². The first-order chi connectivity index (χ1) is 10.3. The quantitative estimate of drug-likeness (QED) is 0.859. The Kier molecular flexibility index (Phi) is 3.94. The number of piperidine rings is 1. The number of aryl methyl sites for hydroxylation is 1. The van der Waals surface area contributed by atoms with E-state index < -0.39 is 0 Å². The lowest BCUT2D eigenvalue weighted by Gasteiger charge is -2.32. The summed E-state index contributed by atoms with van der Waals surface area (Å²) in [6.45, 7) is 3.77. The largest absolute Gasteiger partial charge is 0.481 e. The highest BCUT2D eigenvalue weighted by Gasteiger charge is 2.24. The van der Waals surface area contributed by atoms with Crippen LogP contribution in [0.4, 0.5) is 5.95 Å². The first-order valence-corrected chi connectivity index (χ1v) is 7.18. The maximum atomic E-state index is 5.17. The minimum absolute atomic E-state index is 0.398. The molecule has 1 aliphatic rings. The molecule has 0 N–H and O–H groups in total. The van der Waals surface area contributed by atoms with Crippen LogP contribution in [0.5, 0.6) is 5.88 Å². The third kappa shape index (κ3) is 3.09. The second-order valence-electron chi connectivity index (χ2n) is 5.21. The molecule has 0 spiro atoms. The third-order valence-electron chi connectivity index (χ3n) is 3.75. The summed E-state index contributed by atoms with van der Waals surface area (Å²) >= 11 is 0. The molecular formula is C15H19N5O. The third-order valence-corrected chi connectivity index (χ3v) is 3.75. The number of rotatable bonds is 3. The van der Waals surface area contributed by atoms with Gasteiger partial charge in [-0.15, -0.1) is 0 Å². The van der Waals surface area contributed by atoms with Gasteiger partial charge in [0, 0.05) is 43.2 Å². The van der Waals surface area contributed by atoms with Crippen LogP contribution in [0, 0.1) is 6.92 Å². The van der Waals surface area contributed by atoms with E-state index in [0.29, 0.717) is 11.8 Å². The van der Waals surface area contributed by atoms with Crippen LogP contribution in [-0.2, 0) is 0 Å². The second kappa shape index (κ2) is 6.03. The van der Waals surface area contributed by atoms with Crippen LogP contribution in [-0.4, -0.2) is 40.1 Å². The van der Waals surface area contributed by atoms with Gasteiger partial charge in [-0.3, -0.25) is 0 Å². The number of ether oxygens (including phenoxy) is 1. The second-order valence-corrected chi connectivity index (χ2v) is 5.21. The molecule has 3 rings (SSSR count). The predicted octanol–water partition coefficient (Wildman–Crippen LogP) is 1.97. The highest BCUT2D eigenvalue weighted by Crippen LogP contribution is 2.27. The van der Waals surface area contributed by atoms with Crippen molar-refractivity contribution < 1.29 is 4.74 Å². The Hall–Kier alpha value is -2.24. The van der Waals surface area contributed by atoms with Crippen LogP contribution in [0.15, 0.2) is 24.5 Å². The maximum Gasteiger partial charge on any atom is 0.228 e. The molecule has 0 aliphatic carbocycles. The first kappa shape index (κ1) is 13.7. The molecule has 0 amide bonds. The van der Waals surface area contributed by atoms with Crippen LogP contribution in [0.25, 0.3) is 0 Å². The lowest BCUT2D eigenvalue weighted by molar-refractivity contribution is 0.395. The average Bonchev–Trinajstić information content (AvgIpc) is 2.55. The van der Waals surface area contributed by atoms with Crippen molar-refractivity contribution in [3.05, 3.63) is 36.0 Å². The Bertz CT molecular complexity index is 619. The molecule has 21 heavy (non-hydrogen) atoms. The fourth-order valence-electron chi connectivity index (χ4n) is 2.70. The molecule has 110 valence electrons. The molecule has 1 aliphatic heterocycles. The number of aromatic nitrogens is 4. The van der Waals surface area contributed by atoms with Crippen molar-refractivity contribution >= 4 is 5.95 Å². The van der Waals surface area contributed by atoms with E-state index in [1.54, 1.807) is 19.4 Å². The normalized spacial score (nSPS) is 18.6. The molecular weight excluding hydrogens is 266 g/mol. The van der Waals surface area contributed by atoms with E-state index in [9.17, 15) is 0 Å². The Labute approximate surface area is 124 Å². The van der Waals surface area contributed by atoms with Gasteiger partial charge in [0.1, 0.15) is 5.82 Å². The molecule has 0 bridgehead atoms. The molecule has 6 heteroatoms. The summed E-state index contributed by atoms with van der Waals surface area (Å²) < 4.78 is 5.17. The van der Waals surface area contributed by atoms with Crippen molar-refractivity contribution in [2.75, 3.05) is 25.1 Å². The van der Waals surface area contributed by atoms with Crippen molar-refractivity contribution in [1.29, 1.82) is 0 Å². The fourth-order valence-corrected chi connectivity index (χ4v) is 2.70. The monoisotopic (exact) mass is 285 g/mol. The number of hydrogen-bond acceptors (Lipinski definition) is 6. The highest BCUT2D eigenvalue weighted by molar-refractivity contribution is 5.34. The van der Waals surface area contributed by atoms with Gasteiger partial charge in [0.05, 0.1) is 7.11 Å². The van der Waals surface area contributed by atoms with E-state index in [1.165, 1.54) is 0 Å². The molecule has 1 atom stereocenters. The Morgan fingerprint density at radius 2 is 2.05 bits per heavy atom. The van der Waals surface area contributed by atoms with E-state index in [2.05, 4.69) is 24.8 Å². The number of hydrogen-bond donors (Lipinski definition) is 0. The Morgan fingerprint density at radius 3 is 2.86 bits per heavy atom. The van der Waals surface area contributed by atoms with Crippen LogP contribution in [0.2, 0.25) is 0 Å². The summed E-state index contributed by atoms with van der Waals surface area (Å²) in [5.74, 6) is 2.54. The zero-order valence-corrected chi connectivity index (χ0v) is 12.4. The standard InChI is InChI=1S/C15H19N5O/c1-11-16-7-5-13(18-11)12-4-3-9-20(10-12)15-17-8-6-14(19-15)21-2/h5-8,12H,3-4,9-10H2,1-2H3. The zero-order chi connectivity index (χ0) is 14.7. The summed E-state index contributed by atoms with van der Waals surface area (Å²) in [5.41, 5.74) is 1.11. The van der Waals surface area contributed by atoms with E-state index in [-0.39, 0.29) is 0 Å². The highest BCUT2D eigenvalue weighted by atomic mass is 16.5. The van der Waals surface area contributed by atoms with Crippen LogP contribution < -0.4 is 9.64 Å². The average molecular weight is 285 g/mol. The van der Waals surface area contributed by atoms with E-state index >= 15 is 0 Å². The van der Waals surface area contributed by atoms with Crippen molar-refractivity contribution in [3.8, 4) is 5.88 Å². The minimum Gasteiger partial charge on any atom is -0.481 e. The van der Waals surface area contributed by atoms with Gasteiger partial charge in [-0.05, 0) is 25.8 Å². The zero-order valence-electron chi connectivity index (χ0n) is 12.4. The molecule has 1 fully saturated rings. The number of methoxy groups -OCH3 is 1. The molecule has 0 saturated carbocycles. The summed E-state index contributed by atoms with van der Waals surface area (Å²) in [6.07, 6.45) is 5.81. The fraction of sp³-hybridized carbons (Fsp3) is 0.467. The molecule has 1 saturated heterocycles. The molecule has 2 aromatic rings. The summed E-state index contributed by atoms with van der Waals surface area (Å²) in [4.78, 5) is 19.7. The van der Waals surface area contributed by atoms with Crippen LogP contribution >= 0.6 is 0 Å². The molecule has 0 aromatic carbocycles. The maximum absolute atomic E-state index is 5.17. The van der Waals surface area contributed by atoms with Gasteiger partial charge in [0.15, 0.2) is 0 Å². The topological polar surface area (TPSA) is 64.0 Å². The lowest BCUT2D eigenvalue weighted by Crippen LogP contribution is -2.35. The van der Waals surface area contributed by atoms with Crippen LogP contribution in [0.3, 0.4) is 0 Å². The Balaban J connectivity index is 1.79. The minimum atomic E-state index is 0.398. The van der Waals surface area contributed by atoms with Gasteiger partial charge in [-0.25, -0.2) is 15.0 Å². The lowest BCUT2D eigenvalue weighted by atomic mass is 9.95. The van der Waals surface area contributed by atoms with Gasteiger partial charge in [0.25, 0.3) is 0 Å². The van der Waals surface area contributed by atoms with Gasteiger partial charge in [-0.2, -0.15) is 4.98 Å². The smallest absolute Gasteiger partial charge is 0.228 e. The van der Waals surface area contributed by atoms with Gasteiger partial charge in [-0.1, -0.05) is 0 Å². The van der Waals surface area contributed by atoms with Crippen molar-refractivity contribution in [3.63, 3.8) is 0 Å². The van der Waals surface area contributed by atoms with E-state index in [1.807, 2.05) is 19.2 Å². The van der Waals surface area contributed by atoms with E-state index in [0.717, 1.165) is 43.4 Å². The van der Waals surface area contributed by atoms with Crippen molar-refractivity contribution in [1.82, 2.24) is 19.9 Å². The predicted molar refractivity (Wildman–Crippen MR) is 79.5 cm³/mol. The van der Waals surface area contributed by atoms with Gasteiger partial charge in [0.2, 0.25) is 11.8 Å². The van der Waals surface area contributed by atoms with Gasteiger partial charge < -0.3 is 9.64 Å². The SMILES string of the molecule is COc1ccnc(N2CCCC(c3ccnc(C)n3)C2)n1. The molecule has 3 heterocycles. The molecule has 0 radical (unpaired) electrons. The van der Waals surface area contributed by atoms with Crippen molar-refractivity contribution in [2.24, 2.45) is 0 Å². The molecule has 1 unspecified atom stereocenters. The summed E-state index contributed by atoms with van der Waals surface area (Å²) in [6, 6.07) is 3.77.